The molecule has 0 saturated heterocycles. The summed E-state index contributed by atoms with van der Waals surface area (Å²) in [6, 6.07) is 5.60. The van der Waals surface area contributed by atoms with Gasteiger partial charge < -0.3 is 19.9 Å². The number of nitrogens with one attached hydrogen (secondary N) is 1. The SMILES string of the molecule is COc1cccc(CNc2nc(C)c(C(=O)O)s2)c1OC. The number of hydrogen-bond donors (Lipinski definition) is 2. The number of nitrogens with zero attached hydrogens (tertiary/aromatic N) is 1. The monoisotopic (exact) mass is 308 g/mol. The van der Waals surface area contributed by atoms with Crippen LogP contribution in [0, 0.1) is 6.92 Å². The molecule has 1 aromatic heterocycles. The number of aromatic nitrogens is 1. The van der Waals surface area contributed by atoms with E-state index in [0.29, 0.717) is 28.9 Å². The van der Waals surface area contributed by atoms with Gasteiger partial charge in [0.1, 0.15) is 4.88 Å². The van der Waals surface area contributed by atoms with E-state index in [0.717, 1.165) is 16.9 Å². The maximum absolute atomic E-state index is 11.0. The van der Waals surface area contributed by atoms with Gasteiger partial charge in [-0.3, -0.25) is 0 Å². The summed E-state index contributed by atoms with van der Waals surface area (Å²) in [5.74, 6) is 0.342. The van der Waals surface area contributed by atoms with Gasteiger partial charge in [-0.15, -0.1) is 0 Å². The lowest BCUT2D eigenvalue weighted by atomic mass is 10.2. The predicted octanol–water partition coefficient (Wildman–Crippen LogP) is 2.78. The van der Waals surface area contributed by atoms with Gasteiger partial charge in [0, 0.05) is 12.1 Å². The number of methoxy groups -OCH3 is 2. The third-order valence-electron chi connectivity index (χ3n) is 2.91. The summed E-state index contributed by atoms with van der Waals surface area (Å²) in [7, 11) is 3.16. The Hall–Kier alpha value is -2.28. The zero-order chi connectivity index (χ0) is 15.4. The van der Waals surface area contributed by atoms with Crippen LogP contribution in [-0.2, 0) is 6.54 Å². The number of aryl methyl sites for hydroxylation is 1. The van der Waals surface area contributed by atoms with Crippen molar-refractivity contribution in [1.82, 2.24) is 4.98 Å². The van der Waals surface area contributed by atoms with Crippen LogP contribution in [0.1, 0.15) is 20.9 Å². The Balaban J connectivity index is 2.17. The molecule has 0 fully saturated rings. The second-order valence-corrected chi connectivity index (χ2v) is 5.24. The molecular formula is C14H16N2O4S. The van der Waals surface area contributed by atoms with Gasteiger partial charge in [-0.05, 0) is 13.0 Å². The van der Waals surface area contributed by atoms with E-state index in [-0.39, 0.29) is 4.88 Å². The topological polar surface area (TPSA) is 80.7 Å². The Morgan fingerprint density at radius 2 is 2.14 bits per heavy atom. The van der Waals surface area contributed by atoms with Crippen molar-refractivity contribution in [3.8, 4) is 11.5 Å². The van der Waals surface area contributed by atoms with E-state index < -0.39 is 5.97 Å². The highest BCUT2D eigenvalue weighted by atomic mass is 32.1. The lowest BCUT2D eigenvalue weighted by Gasteiger charge is -2.12. The largest absolute Gasteiger partial charge is 0.493 e. The maximum Gasteiger partial charge on any atom is 0.347 e. The normalized spacial score (nSPS) is 10.2. The highest BCUT2D eigenvalue weighted by Crippen LogP contribution is 2.31. The number of rotatable bonds is 6. The van der Waals surface area contributed by atoms with Crippen molar-refractivity contribution >= 4 is 22.4 Å². The van der Waals surface area contributed by atoms with Gasteiger partial charge in [0.2, 0.25) is 0 Å². The van der Waals surface area contributed by atoms with Crippen LogP contribution in [0.3, 0.4) is 0 Å². The van der Waals surface area contributed by atoms with Crippen LogP contribution in [0.15, 0.2) is 18.2 Å². The number of thiazole rings is 1. The zero-order valence-electron chi connectivity index (χ0n) is 12.0. The number of para-hydroxylation sites is 1. The Labute approximate surface area is 126 Å². The summed E-state index contributed by atoms with van der Waals surface area (Å²) < 4.78 is 10.6. The summed E-state index contributed by atoms with van der Waals surface area (Å²) in [6.07, 6.45) is 0. The second kappa shape index (κ2) is 6.45. The summed E-state index contributed by atoms with van der Waals surface area (Å²) >= 11 is 1.12. The van der Waals surface area contributed by atoms with Crippen molar-refractivity contribution in [3.63, 3.8) is 0 Å². The summed E-state index contributed by atoms with van der Waals surface area (Å²) in [6.45, 7) is 2.14. The fourth-order valence-corrected chi connectivity index (χ4v) is 2.74. The molecule has 0 atom stereocenters. The van der Waals surface area contributed by atoms with Crippen molar-refractivity contribution in [2.75, 3.05) is 19.5 Å². The molecule has 2 N–H and O–H groups in total. The summed E-state index contributed by atoms with van der Waals surface area (Å²) in [5.41, 5.74) is 1.41. The van der Waals surface area contributed by atoms with E-state index in [9.17, 15) is 4.79 Å². The molecule has 0 spiro atoms. The van der Waals surface area contributed by atoms with E-state index in [1.807, 2.05) is 18.2 Å². The first kappa shape index (κ1) is 15.1. The van der Waals surface area contributed by atoms with Crippen molar-refractivity contribution in [2.24, 2.45) is 0 Å². The number of carbonyl (C=O) groups is 1. The second-order valence-electron chi connectivity index (χ2n) is 4.24. The van der Waals surface area contributed by atoms with E-state index in [1.165, 1.54) is 0 Å². The van der Waals surface area contributed by atoms with E-state index in [2.05, 4.69) is 10.3 Å². The van der Waals surface area contributed by atoms with Gasteiger partial charge in [-0.2, -0.15) is 0 Å². The van der Waals surface area contributed by atoms with Gasteiger partial charge in [-0.1, -0.05) is 23.5 Å². The van der Waals surface area contributed by atoms with Crippen LogP contribution in [0.25, 0.3) is 0 Å². The third-order valence-corrected chi connectivity index (χ3v) is 4.01. The number of carboxylic acid groups (broad SMARTS) is 1. The van der Waals surface area contributed by atoms with Gasteiger partial charge in [-0.25, -0.2) is 9.78 Å². The van der Waals surface area contributed by atoms with Crippen molar-refractivity contribution in [2.45, 2.75) is 13.5 Å². The molecule has 0 aliphatic carbocycles. The average molecular weight is 308 g/mol. The van der Waals surface area contributed by atoms with Crippen LogP contribution in [-0.4, -0.2) is 30.3 Å². The summed E-state index contributed by atoms with van der Waals surface area (Å²) in [5, 5.41) is 12.7. The van der Waals surface area contributed by atoms with Crippen molar-refractivity contribution < 1.29 is 19.4 Å². The Morgan fingerprint density at radius 1 is 1.38 bits per heavy atom. The van der Waals surface area contributed by atoms with Crippen LogP contribution >= 0.6 is 11.3 Å². The molecule has 0 unspecified atom stereocenters. The minimum absolute atomic E-state index is 0.245. The molecule has 0 aliphatic heterocycles. The lowest BCUT2D eigenvalue weighted by molar-refractivity contribution is 0.0701. The average Bonchev–Trinajstić information content (AvgIpc) is 2.85. The van der Waals surface area contributed by atoms with E-state index in [1.54, 1.807) is 21.1 Å². The smallest absolute Gasteiger partial charge is 0.347 e. The van der Waals surface area contributed by atoms with E-state index >= 15 is 0 Å². The predicted molar refractivity (Wildman–Crippen MR) is 80.7 cm³/mol. The fourth-order valence-electron chi connectivity index (χ4n) is 1.93. The first-order chi connectivity index (χ1) is 10.1. The first-order valence-electron chi connectivity index (χ1n) is 6.21. The van der Waals surface area contributed by atoms with Gasteiger partial charge in [0.05, 0.1) is 19.9 Å². The van der Waals surface area contributed by atoms with Gasteiger partial charge in [0.15, 0.2) is 16.6 Å². The highest BCUT2D eigenvalue weighted by Gasteiger charge is 2.15. The minimum atomic E-state index is -0.961. The number of benzene rings is 1. The number of anilines is 1. The highest BCUT2D eigenvalue weighted by molar-refractivity contribution is 7.17. The molecule has 0 saturated carbocycles. The molecule has 7 heteroatoms. The molecule has 2 rings (SSSR count). The standard InChI is InChI=1S/C14H16N2O4S/c1-8-12(13(17)18)21-14(16-8)15-7-9-5-4-6-10(19-2)11(9)20-3/h4-6H,7H2,1-3H3,(H,15,16)(H,17,18). The Kier molecular flexibility index (Phi) is 4.64. The molecule has 1 heterocycles. The molecule has 1 aromatic carbocycles. The molecule has 0 amide bonds. The number of ether oxygens (including phenoxy) is 2. The van der Waals surface area contributed by atoms with Crippen molar-refractivity contribution in [3.05, 3.63) is 34.3 Å². The number of hydrogen-bond acceptors (Lipinski definition) is 6. The quantitative estimate of drug-likeness (QED) is 0.854. The van der Waals surface area contributed by atoms with Gasteiger partial charge in [0.25, 0.3) is 0 Å². The first-order valence-corrected chi connectivity index (χ1v) is 7.03. The van der Waals surface area contributed by atoms with Gasteiger partial charge >= 0.3 is 5.97 Å². The number of aromatic carboxylic acids is 1. The molecular weight excluding hydrogens is 292 g/mol. The van der Waals surface area contributed by atoms with Crippen LogP contribution in [0.2, 0.25) is 0 Å². The third kappa shape index (κ3) is 3.25. The molecule has 0 aliphatic rings. The molecule has 21 heavy (non-hydrogen) atoms. The minimum Gasteiger partial charge on any atom is -0.493 e. The van der Waals surface area contributed by atoms with Crippen LogP contribution < -0.4 is 14.8 Å². The Bertz CT molecular complexity index is 654. The maximum atomic E-state index is 11.0. The van der Waals surface area contributed by atoms with Crippen LogP contribution in [0.4, 0.5) is 5.13 Å². The number of carboxylic acids is 1. The molecule has 0 bridgehead atoms. The zero-order valence-corrected chi connectivity index (χ0v) is 12.8. The molecule has 2 aromatic rings. The molecule has 0 radical (unpaired) electrons. The Morgan fingerprint density at radius 3 is 2.71 bits per heavy atom. The van der Waals surface area contributed by atoms with Crippen LogP contribution in [0.5, 0.6) is 11.5 Å². The summed E-state index contributed by atoms with van der Waals surface area (Å²) in [4.78, 5) is 15.4. The lowest BCUT2D eigenvalue weighted by Crippen LogP contribution is -2.02. The fraction of sp³-hybridized carbons (Fsp3) is 0.286. The molecule has 112 valence electrons. The van der Waals surface area contributed by atoms with E-state index in [4.69, 9.17) is 14.6 Å². The molecule has 6 nitrogen and oxygen atoms in total. The van der Waals surface area contributed by atoms with Crippen molar-refractivity contribution in [1.29, 1.82) is 0 Å².